The largest absolute Gasteiger partial charge is 0.457 e. The fraction of sp³-hybridized carbons (Fsp3) is 0.278. The summed E-state index contributed by atoms with van der Waals surface area (Å²) < 4.78 is 5.70. The van der Waals surface area contributed by atoms with Crippen molar-refractivity contribution < 1.29 is 14.3 Å². The van der Waals surface area contributed by atoms with E-state index in [0.717, 1.165) is 0 Å². The molecule has 0 saturated carbocycles. The maximum absolute atomic E-state index is 11.9. The van der Waals surface area contributed by atoms with Crippen molar-refractivity contribution in [1.29, 1.82) is 0 Å². The second-order valence-corrected chi connectivity index (χ2v) is 6.34. The number of hydrogen-bond acceptors (Lipinski definition) is 4. The average molecular weight is 377 g/mol. The minimum absolute atomic E-state index is 0.152. The molecule has 0 radical (unpaired) electrons. The zero-order valence-corrected chi connectivity index (χ0v) is 15.5. The first-order chi connectivity index (χ1) is 12.4. The number of nitrogens with zero attached hydrogens (tertiary/aromatic N) is 1. The summed E-state index contributed by atoms with van der Waals surface area (Å²) in [6.07, 6.45) is 1.50. The molecular weight excluding hydrogens is 356 g/mol. The van der Waals surface area contributed by atoms with E-state index in [1.54, 1.807) is 36.4 Å². The molecule has 0 saturated heterocycles. The monoisotopic (exact) mass is 376 g/mol. The zero-order chi connectivity index (χ0) is 19.1. The number of carbonyl (C=O) groups excluding carboxylic acids is 2. The van der Waals surface area contributed by atoms with Crippen LogP contribution in [-0.2, 0) is 0 Å². The molecule has 3 N–H and O–H groups in total. The third kappa shape index (κ3) is 5.63. The third-order valence-corrected chi connectivity index (χ3v) is 3.96. The van der Waals surface area contributed by atoms with Crippen LogP contribution in [0, 0.1) is 0 Å². The SMILES string of the molecule is CNC(=O)c1cc(Oc2ccc(NC(=O)NC(C)[C@H](C)Cl)cc2)ccn1. The van der Waals surface area contributed by atoms with Gasteiger partial charge in [-0.2, -0.15) is 0 Å². The van der Waals surface area contributed by atoms with Gasteiger partial charge in [0.15, 0.2) is 0 Å². The van der Waals surface area contributed by atoms with Crippen molar-refractivity contribution in [3.8, 4) is 11.5 Å². The molecule has 0 aliphatic heterocycles. The first-order valence-corrected chi connectivity index (χ1v) is 8.50. The Morgan fingerprint density at radius 3 is 2.42 bits per heavy atom. The van der Waals surface area contributed by atoms with Gasteiger partial charge in [0.2, 0.25) is 0 Å². The van der Waals surface area contributed by atoms with Crippen LogP contribution in [-0.4, -0.2) is 35.4 Å². The molecule has 138 valence electrons. The highest BCUT2D eigenvalue weighted by molar-refractivity contribution is 6.21. The molecule has 0 bridgehead atoms. The second-order valence-electron chi connectivity index (χ2n) is 5.65. The molecule has 1 heterocycles. The second kappa shape index (κ2) is 9.05. The molecule has 2 atom stereocenters. The first kappa shape index (κ1) is 19.5. The van der Waals surface area contributed by atoms with Crippen LogP contribution < -0.4 is 20.7 Å². The number of aromatic nitrogens is 1. The van der Waals surface area contributed by atoms with Crippen LogP contribution in [0.3, 0.4) is 0 Å². The number of pyridine rings is 1. The maximum atomic E-state index is 11.9. The van der Waals surface area contributed by atoms with Crippen molar-refractivity contribution in [2.24, 2.45) is 0 Å². The molecule has 7 nitrogen and oxygen atoms in total. The van der Waals surface area contributed by atoms with E-state index in [1.807, 2.05) is 13.8 Å². The minimum atomic E-state index is -0.331. The lowest BCUT2D eigenvalue weighted by Crippen LogP contribution is -2.40. The van der Waals surface area contributed by atoms with E-state index in [9.17, 15) is 9.59 Å². The lowest BCUT2D eigenvalue weighted by molar-refractivity contribution is 0.0958. The standard InChI is InChI=1S/C18H21ClN4O3/c1-11(19)12(2)22-18(25)23-13-4-6-14(7-5-13)26-15-8-9-21-16(10-15)17(24)20-3/h4-12H,1-3H3,(H,20,24)(H2,22,23,25)/t11-,12?/m0/s1. The molecule has 0 aliphatic rings. The van der Waals surface area contributed by atoms with Crippen LogP contribution in [0.5, 0.6) is 11.5 Å². The molecule has 2 aromatic rings. The number of hydrogen-bond donors (Lipinski definition) is 3. The van der Waals surface area contributed by atoms with Crippen LogP contribution >= 0.6 is 11.6 Å². The highest BCUT2D eigenvalue weighted by Crippen LogP contribution is 2.23. The van der Waals surface area contributed by atoms with Crippen LogP contribution in [0.4, 0.5) is 10.5 Å². The summed E-state index contributed by atoms with van der Waals surface area (Å²) in [5, 5.41) is 7.81. The molecule has 0 aliphatic carbocycles. The number of amides is 3. The fourth-order valence-electron chi connectivity index (χ4n) is 1.96. The number of anilines is 1. The Hall–Kier alpha value is -2.80. The van der Waals surface area contributed by atoms with Crippen LogP contribution in [0.25, 0.3) is 0 Å². The van der Waals surface area contributed by atoms with E-state index >= 15 is 0 Å². The molecular formula is C18H21ClN4O3. The molecule has 26 heavy (non-hydrogen) atoms. The molecule has 0 fully saturated rings. The van der Waals surface area contributed by atoms with Gasteiger partial charge in [0, 0.05) is 31.0 Å². The fourth-order valence-corrected chi connectivity index (χ4v) is 2.02. The van der Waals surface area contributed by atoms with Crippen molar-refractivity contribution >= 4 is 29.2 Å². The lowest BCUT2D eigenvalue weighted by atomic mass is 10.2. The average Bonchev–Trinajstić information content (AvgIpc) is 2.62. The summed E-state index contributed by atoms with van der Waals surface area (Å²) in [5.74, 6) is 0.760. The number of nitrogens with one attached hydrogen (secondary N) is 3. The van der Waals surface area contributed by atoms with Gasteiger partial charge in [-0.15, -0.1) is 11.6 Å². The van der Waals surface area contributed by atoms with Gasteiger partial charge >= 0.3 is 6.03 Å². The van der Waals surface area contributed by atoms with Crippen LogP contribution in [0.15, 0.2) is 42.6 Å². The predicted octanol–water partition coefficient (Wildman–Crippen LogP) is 3.37. The van der Waals surface area contributed by atoms with Crippen molar-refractivity contribution in [2.75, 3.05) is 12.4 Å². The molecule has 0 spiro atoms. The van der Waals surface area contributed by atoms with Crippen molar-refractivity contribution in [2.45, 2.75) is 25.3 Å². The number of benzene rings is 1. The van der Waals surface area contributed by atoms with E-state index in [-0.39, 0.29) is 29.1 Å². The Morgan fingerprint density at radius 2 is 1.81 bits per heavy atom. The number of ether oxygens (including phenoxy) is 1. The number of urea groups is 1. The number of alkyl halides is 1. The van der Waals surface area contributed by atoms with Gasteiger partial charge in [-0.3, -0.25) is 9.78 Å². The highest BCUT2D eigenvalue weighted by Gasteiger charge is 2.12. The normalized spacial score (nSPS) is 12.6. The molecule has 1 aromatic carbocycles. The van der Waals surface area contributed by atoms with Crippen molar-refractivity contribution in [3.63, 3.8) is 0 Å². The summed E-state index contributed by atoms with van der Waals surface area (Å²) in [6, 6.07) is 9.57. The topological polar surface area (TPSA) is 92.4 Å². The quantitative estimate of drug-likeness (QED) is 0.674. The minimum Gasteiger partial charge on any atom is -0.457 e. The van der Waals surface area contributed by atoms with E-state index < -0.39 is 0 Å². The van der Waals surface area contributed by atoms with Gasteiger partial charge in [0.25, 0.3) is 5.91 Å². The number of rotatable bonds is 6. The first-order valence-electron chi connectivity index (χ1n) is 8.06. The Bertz CT molecular complexity index is 765. The molecule has 8 heteroatoms. The predicted molar refractivity (Wildman–Crippen MR) is 101 cm³/mol. The molecule has 2 rings (SSSR count). The zero-order valence-electron chi connectivity index (χ0n) is 14.7. The summed E-state index contributed by atoms with van der Waals surface area (Å²) in [6.45, 7) is 3.64. The van der Waals surface area contributed by atoms with Gasteiger partial charge in [0.05, 0.1) is 5.38 Å². The summed E-state index contributed by atoms with van der Waals surface area (Å²) >= 11 is 5.92. The van der Waals surface area contributed by atoms with Gasteiger partial charge < -0.3 is 20.7 Å². The number of halogens is 1. The third-order valence-electron chi connectivity index (χ3n) is 3.59. The lowest BCUT2D eigenvalue weighted by Gasteiger charge is -2.16. The van der Waals surface area contributed by atoms with Crippen LogP contribution in [0.1, 0.15) is 24.3 Å². The Kier molecular flexibility index (Phi) is 6.80. The Labute approximate surface area is 157 Å². The highest BCUT2D eigenvalue weighted by atomic mass is 35.5. The smallest absolute Gasteiger partial charge is 0.319 e. The van der Waals surface area contributed by atoms with Gasteiger partial charge in [-0.25, -0.2) is 4.79 Å². The van der Waals surface area contributed by atoms with E-state index in [2.05, 4.69) is 20.9 Å². The van der Waals surface area contributed by atoms with Gasteiger partial charge in [-0.05, 0) is 44.2 Å². The van der Waals surface area contributed by atoms with Gasteiger partial charge in [-0.1, -0.05) is 0 Å². The maximum Gasteiger partial charge on any atom is 0.319 e. The summed E-state index contributed by atoms with van der Waals surface area (Å²) in [4.78, 5) is 27.5. The summed E-state index contributed by atoms with van der Waals surface area (Å²) in [5.41, 5.74) is 0.882. The van der Waals surface area contributed by atoms with E-state index in [0.29, 0.717) is 17.2 Å². The Morgan fingerprint density at radius 1 is 1.12 bits per heavy atom. The van der Waals surface area contributed by atoms with E-state index in [4.69, 9.17) is 16.3 Å². The Balaban J connectivity index is 1.97. The van der Waals surface area contributed by atoms with E-state index in [1.165, 1.54) is 13.2 Å². The van der Waals surface area contributed by atoms with Gasteiger partial charge in [0.1, 0.15) is 17.2 Å². The number of carbonyl (C=O) groups is 2. The molecule has 1 unspecified atom stereocenters. The van der Waals surface area contributed by atoms with Crippen LogP contribution in [0.2, 0.25) is 0 Å². The van der Waals surface area contributed by atoms with Crippen molar-refractivity contribution in [1.82, 2.24) is 15.6 Å². The van der Waals surface area contributed by atoms with Crippen molar-refractivity contribution in [3.05, 3.63) is 48.3 Å². The molecule has 3 amide bonds. The summed E-state index contributed by atoms with van der Waals surface area (Å²) in [7, 11) is 1.54. The molecule has 1 aromatic heterocycles.